The first-order chi connectivity index (χ1) is 14.3. The molecule has 0 amide bonds. The summed E-state index contributed by atoms with van der Waals surface area (Å²) in [6.45, 7) is 3.79. The Morgan fingerprint density at radius 2 is 1.87 bits per heavy atom. The number of nitrogens with one attached hydrogen (secondary N) is 1. The Bertz CT molecular complexity index is 920. The summed E-state index contributed by atoms with van der Waals surface area (Å²) in [5.41, 5.74) is 7.19. The van der Waals surface area contributed by atoms with Crippen LogP contribution in [0.5, 0.6) is 0 Å². The molecule has 0 unspecified atom stereocenters. The second-order valence-corrected chi connectivity index (χ2v) is 8.95. The summed E-state index contributed by atoms with van der Waals surface area (Å²) in [6.07, 6.45) is -1.29. The molecule has 6 nitrogen and oxygen atoms in total. The van der Waals surface area contributed by atoms with E-state index in [-0.39, 0.29) is 17.5 Å². The number of nitrogens with two attached hydrogens (primary N) is 1. The number of rotatable bonds is 5. The predicted molar refractivity (Wildman–Crippen MR) is 113 cm³/mol. The molecule has 1 fully saturated rings. The standard InChI is InChI=1S/C19H22ClF3N6S/c20-18-26-16-3-6-29(30-28-4-1-2-5-28)11-15(16)17(27-18)25-10-12-7-13(19(21,22)23)9-14(24)8-12/h7-9H,1-6,10-11,24H2,(H,25,26,27). The second-order valence-electron chi connectivity index (χ2n) is 7.41. The number of halogens is 4. The fraction of sp³-hybridized carbons (Fsp3) is 0.474. The molecule has 3 heterocycles. The average molecular weight is 459 g/mol. The zero-order valence-corrected chi connectivity index (χ0v) is 17.7. The molecular weight excluding hydrogens is 437 g/mol. The molecule has 0 bridgehead atoms. The Labute approximate surface area is 182 Å². The Kier molecular flexibility index (Phi) is 6.29. The van der Waals surface area contributed by atoms with Gasteiger partial charge in [-0.2, -0.15) is 13.2 Å². The lowest BCUT2D eigenvalue weighted by molar-refractivity contribution is -0.137. The van der Waals surface area contributed by atoms with Gasteiger partial charge in [-0.1, -0.05) is 0 Å². The molecule has 0 atom stereocenters. The van der Waals surface area contributed by atoms with E-state index in [2.05, 4.69) is 23.9 Å². The zero-order valence-electron chi connectivity index (χ0n) is 16.2. The van der Waals surface area contributed by atoms with Gasteiger partial charge in [0, 0.05) is 62.5 Å². The molecule has 0 aliphatic carbocycles. The minimum Gasteiger partial charge on any atom is -0.399 e. The number of nitrogen functional groups attached to an aromatic ring is 1. The fourth-order valence-electron chi connectivity index (χ4n) is 3.68. The van der Waals surface area contributed by atoms with E-state index in [9.17, 15) is 13.2 Å². The summed E-state index contributed by atoms with van der Waals surface area (Å²) in [6, 6.07) is 3.54. The Morgan fingerprint density at radius 3 is 2.60 bits per heavy atom. The molecule has 30 heavy (non-hydrogen) atoms. The number of alkyl halides is 3. The normalized spacial score (nSPS) is 17.9. The molecular formula is C19H22ClF3N6S. The SMILES string of the molecule is Nc1cc(CNc2nc(Cl)nc3c2CN(SN2CCCC2)CC3)cc(C(F)(F)F)c1. The number of hydrogen-bond acceptors (Lipinski definition) is 7. The van der Waals surface area contributed by atoms with Crippen molar-refractivity contribution in [3.05, 3.63) is 45.9 Å². The molecule has 2 aliphatic rings. The van der Waals surface area contributed by atoms with E-state index >= 15 is 0 Å². The molecule has 0 spiro atoms. The molecule has 1 aromatic heterocycles. The summed E-state index contributed by atoms with van der Waals surface area (Å²) in [4.78, 5) is 8.65. The first kappa shape index (κ1) is 21.5. The quantitative estimate of drug-likeness (QED) is 0.392. The number of anilines is 2. The number of aromatic nitrogens is 2. The lowest BCUT2D eigenvalue weighted by atomic mass is 10.1. The molecule has 3 N–H and O–H groups in total. The van der Waals surface area contributed by atoms with Gasteiger partial charge in [-0.15, -0.1) is 0 Å². The molecule has 1 saturated heterocycles. The van der Waals surface area contributed by atoms with Crippen molar-refractivity contribution in [2.45, 2.75) is 38.5 Å². The van der Waals surface area contributed by atoms with Gasteiger partial charge in [-0.3, -0.25) is 0 Å². The highest BCUT2D eigenvalue weighted by atomic mass is 35.5. The van der Waals surface area contributed by atoms with E-state index < -0.39 is 11.7 Å². The van der Waals surface area contributed by atoms with Crippen molar-refractivity contribution in [3.63, 3.8) is 0 Å². The van der Waals surface area contributed by atoms with Gasteiger partial charge in [0.05, 0.1) is 11.3 Å². The van der Waals surface area contributed by atoms with Crippen molar-refractivity contribution in [1.82, 2.24) is 18.6 Å². The van der Waals surface area contributed by atoms with E-state index in [0.29, 0.717) is 17.9 Å². The molecule has 2 aromatic rings. The molecule has 0 radical (unpaired) electrons. The van der Waals surface area contributed by atoms with E-state index in [1.807, 2.05) is 0 Å². The molecule has 4 rings (SSSR count). The monoisotopic (exact) mass is 458 g/mol. The Hall–Kier alpha value is -1.75. The van der Waals surface area contributed by atoms with E-state index in [4.69, 9.17) is 17.3 Å². The number of hydrogen-bond donors (Lipinski definition) is 2. The van der Waals surface area contributed by atoms with Crippen molar-refractivity contribution in [2.75, 3.05) is 30.7 Å². The Balaban J connectivity index is 1.51. The van der Waals surface area contributed by atoms with Crippen LogP contribution in [0.2, 0.25) is 5.28 Å². The van der Waals surface area contributed by atoms with Gasteiger partial charge >= 0.3 is 6.18 Å². The van der Waals surface area contributed by atoms with Crippen LogP contribution < -0.4 is 11.1 Å². The zero-order chi connectivity index (χ0) is 21.3. The second kappa shape index (κ2) is 8.78. The molecule has 2 aliphatic heterocycles. The summed E-state index contributed by atoms with van der Waals surface area (Å²) >= 11 is 7.82. The van der Waals surface area contributed by atoms with Crippen LogP contribution in [0.1, 0.15) is 35.2 Å². The van der Waals surface area contributed by atoms with Crippen LogP contribution in [0.25, 0.3) is 0 Å². The third kappa shape index (κ3) is 5.11. The summed E-state index contributed by atoms with van der Waals surface area (Å²) in [5, 5.41) is 3.27. The van der Waals surface area contributed by atoms with Crippen LogP contribution in [0, 0.1) is 0 Å². The van der Waals surface area contributed by atoms with Crippen LogP contribution in [-0.4, -0.2) is 38.2 Å². The van der Waals surface area contributed by atoms with Gasteiger partial charge in [-0.05, 0) is 48.2 Å². The van der Waals surface area contributed by atoms with Gasteiger partial charge in [0.2, 0.25) is 5.28 Å². The van der Waals surface area contributed by atoms with Gasteiger partial charge in [0.25, 0.3) is 0 Å². The van der Waals surface area contributed by atoms with Gasteiger partial charge < -0.3 is 11.1 Å². The van der Waals surface area contributed by atoms with E-state index in [0.717, 1.165) is 49.4 Å². The summed E-state index contributed by atoms with van der Waals surface area (Å²) in [7, 11) is 0. The number of nitrogens with zero attached hydrogens (tertiary/aromatic N) is 4. The van der Waals surface area contributed by atoms with Crippen molar-refractivity contribution in [3.8, 4) is 0 Å². The number of benzene rings is 1. The third-order valence-corrected chi connectivity index (χ3v) is 6.40. The maximum atomic E-state index is 13.1. The molecule has 0 saturated carbocycles. The van der Waals surface area contributed by atoms with E-state index in [1.165, 1.54) is 18.9 Å². The molecule has 11 heteroatoms. The minimum absolute atomic E-state index is 0.0672. The largest absolute Gasteiger partial charge is 0.416 e. The first-order valence-electron chi connectivity index (χ1n) is 9.72. The summed E-state index contributed by atoms with van der Waals surface area (Å²) < 4.78 is 43.8. The molecule has 162 valence electrons. The van der Waals surface area contributed by atoms with E-state index in [1.54, 1.807) is 12.1 Å². The minimum atomic E-state index is -4.45. The van der Waals surface area contributed by atoms with Crippen LogP contribution in [0.15, 0.2) is 18.2 Å². The molecule has 1 aromatic carbocycles. The predicted octanol–water partition coefficient (Wildman–Crippen LogP) is 4.36. The van der Waals surface area contributed by atoms with Gasteiger partial charge in [0.15, 0.2) is 0 Å². The van der Waals surface area contributed by atoms with Crippen LogP contribution >= 0.6 is 23.7 Å². The van der Waals surface area contributed by atoms with Crippen molar-refractivity contribution in [2.24, 2.45) is 0 Å². The van der Waals surface area contributed by atoms with Crippen LogP contribution in [0.3, 0.4) is 0 Å². The maximum Gasteiger partial charge on any atom is 0.416 e. The van der Waals surface area contributed by atoms with Crippen molar-refractivity contribution < 1.29 is 13.2 Å². The topological polar surface area (TPSA) is 70.3 Å². The third-order valence-electron chi connectivity index (χ3n) is 5.10. The lowest BCUT2D eigenvalue weighted by Crippen LogP contribution is -2.30. The van der Waals surface area contributed by atoms with Crippen molar-refractivity contribution >= 4 is 35.2 Å². The average Bonchev–Trinajstić information content (AvgIpc) is 3.18. The summed E-state index contributed by atoms with van der Waals surface area (Å²) in [5.74, 6) is 0.549. The number of fused-ring (bicyclic) bond motifs is 1. The Morgan fingerprint density at radius 1 is 1.10 bits per heavy atom. The first-order valence-corrected chi connectivity index (χ1v) is 10.8. The highest BCUT2D eigenvalue weighted by molar-refractivity contribution is 7.94. The highest BCUT2D eigenvalue weighted by Gasteiger charge is 2.31. The lowest BCUT2D eigenvalue weighted by Gasteiger charge is -2.30. The fourth-order valence-corrected chi connectivity index (χ4v) is 4.97. The van der Waals surface area contributed by atoms with Crippen molar-refractivity contribution in [1.29, 1.82) is 0 Å². The highest BCUT2D eigenvalue weighted by Crippen LogP contribution is 2.33. The van der Waals surface area contributed by atoms with Crippen LogP contribution in [0.4, 0.5) is 24.7 Å². The van der Waals surface area contributed by atoms with Gasteiger partial charge in [-0.25, -0.2) is 18.6 Å². The van der Waals surface area contributed by atoms with Crippen LogP contribution in [-0.2, 0) is 25.7 Å². The maximum absolute atomic E-state index is 13.1. The smallest absolute Gasteiger partial charge is 0.399 e. The van der Waals surface area contributed by atoms with Gasteiger partial charge in [0.1, 0.15) is 5.82 Å².